The van der Waals surface area contributed by atoms with Gasteiger partial charge in [-0.1, -0.05) is 11.6 Å². The van der Waals surface area contributed by atoms with E-state index in [4.69, 9.17) is 21.4 Å². The van der Waals surface area contributed by atoms with Crippen molar-refractivity contribution in [2.24, 2.45) is 0 Å². The van der Waals surface area contributed by atoms with Gasteiger partial charge in [-0.3, -0.25) is 0 Å². The Kier molecular flexibility index (Phi) is 3.58. The molecular weight excluding hydrogens is 282 g/mol. The molecule has 1 aliphatic rings. The summed E-state index contributed by atoms with van der Waals surface area (Å²) in [6, 6.07) is 3.28. The summed E-state index contributed by atoms with van der Waals surface area (Å²) < 4.78 is 31.1. The van der Waals surface area contributed by atoms with Crippen LogP contribution in [0.1, 0.15) is 10.4 Å². The maximum Gasteiger partial charge on any atom is 0.337 e. The Morgan fingerprint density at radius 1 is 1.44 bits per heavy atom. The molecule has 0 atom stereocenters. The molecule has 0 spiro atoms. The van der Waals surface area contributed by atoms with Crippen molar-refractivity contribution in [1.82, 2.24) is 4.72 Å². The highest BCUT2D eigenvalue weighted by atomic mass is 35.5. The van der Waals surface area contributed by atoms with Crippen LogP contribution in [0.3, 0.4) is 0 Å². The smallest absolute Gasteiger partial charge is 0.337 e. The summed E-state index contributed by atoms with van der Waals surface area (Å²) in [5.74, 6) is -1.27. The molecule has 98 valence electrons. The lowest BCUT2D eigenvalue weighted by Crippen LogP contribution is -2.48. The number of hydrogen-bond donors (Lipinski definition) is 2. The number of hydrogen-bond acceptors (Lipinski definition) is 4. The molecule has 18 heavy (non-hydrogen) atoms. The summed E-state index contributed by atoms with van der Waals surface area (Å²) in [5, 5.41) is 8.87. The van der Waals surface area contributed by atoms with E-state index in [9.17, 15) is 13.2 Å². The Labute approximate surface area is 109 Å². The third-order valence-electron chi connectivity index (χ3n) is 2.44. The van der Waals surface area contributed by atoms with Crippen LogP contribution in [0.2, 0.25) is 5.02 Å². The Morgan fingerprint density at radius 3 is 2.61 bits per heavy atom. The molecule has 1 aliphatic heterocycles. The number of carbonyl (C=O) groups is 1. The maximum atomic E-state index is 11.9. The first-order chi connectivity index (χ1) is 8.40. The van der Waals surface area contributed by atoms with Crippen LogP contribution in [0.25, 0.3) is 0 Å². The van der Waals surface area contributed by atoms with Crippen molar-refractivity contribution < 1.29 is 23.1 Å². The monoisotopic (exact) mass is 291 g/mol. The van der Waals surface area contributed by atoms with Crippen molar-refractivity contribution in [3.8, 4) is 0 Å². The van der Waals surface area contributed by atoms with Crippen molar-refractivity contribution >= 4 is 27.6 Å². The Hall–Kier alpha value is -1.15. The lowest BCUT2D eigenvalue weighted by molar-refractivity contribution is 0.00482. The number of carboxylic acids is 1. The molecule has 1 aromatic carbocycles. The highest BCUT2D eigenvalue weighted by Crippen LogP contribution is 2.21. The van der Waals surface area contributed by atoms with Crippen molar-refractivity contribution in [1.29, 1.82) is 0 Å². The van der Waals surface area contributed by atoms with Gasteiger partial charge < -0.3 is 9.84 Å². The average molecular weight is 292 g/mol. The number of sulfonamides is 1. The molecule has 0 radical (unpaired) electrons. The summed E-state index contributed by atoms with van der Waals surface area (Å²) in [7, 11) is -3.75. The van der Waals surface area contributed by atoms with Gasteiger partial charge in [-0.2, -0.15) is 0 Å². The van der Waals surface area contributed by atoms with Gasteiger partial charge in [0.15, 0.2) is 0 Å². The van der Waals surface area contributed by atoms with E-state index in [0.717, 1.165) is 6.07 Å². The van der Waals surface area contributed by atoms with Crippen molar-refractivity contribution in [2.75, 3.05) is 13.2 Å². The molecule has 1 fully saturated rings. The van der Waals surface area contributed by atoms with Crippen LogP contribution in [0.4, 0.5) is 0 Å². The summed E-state index contributed by atoms with van der Waals surface area (Å²) >= 11 is 5.67. The molecule has 0 bridgehead atoms. The second kappa shape index (κ2) is 4.85. The van der Waals surface area contributed by atoms with Gasteiger partial charge in [-0.25, -0.2) is 17.9 Å². The number of halogens is 1. The summed E-state index contributed by atoms with van der Waals surface area (Å²) in [5.41, 5.74) is -0.246. The van der Waals surface area contributed by atoms with Gasteiger partial charge in [0.2, 0.25) is 10.0 Å². The fourth-order valence-electron chi connectivity index (χ4n) is 1.43. The van der Waals surface area contributed by atoms with E-state index in [-0.39, 0.29) is 21.5 Å². The number of nitrogens with one attached hydrogen (secondary N) is 1. The lowest BCUT2D eigenvalue weighted by atomic mass is 10.2. The van der Waals surface area contributed by atoms with Crippen molar-refractivity contribution in [2.45, 2.75) is 10.9 Å². The molecule has 0 saturated carbocycles. The highest BCUT2D eigenvalue weighted by molar-refractivity contribution is 7.89. The van der Waals surface area contributed by atoms with Crippen molar-refractivity contribution in [3.05, 3.63) is 28.8 Å². The van der Waals surface area contributed by atoms with Crippen molar-refractivity contribution in [3.63, 3.8) is 0 Å². The minimum Gasteiger partial charge on any atom is -0.478 e. The molecule has 8 heteroatoms. The molecule has 1 saturated heterocycles. The molecule has 6 nitrogen and oxygen atoms in total. The first kappa shape index (κ1) is 13.3. The zero-order chi connectivity index (χ0) is 13.3. The molecule has 2 rings (SSSR count). The number of rotatable bonds is 4. The molecule has 0 aliphatic carbocycles. The standard InChI is InChI=1S/C10H10ClNO5S/c11-9-2-1-7(3-8(9)10(13)14)18(15,16)12-6-4-17-5-6/h1-3,6,12H,4-5H2,(H,13,14). The maximum absolute atomic E-state index is 11.9. The third-order valence-corrected chi connectivity index (χ3v) is 4.29. The molecule has 1 aromatic rings. The number of benzene rings is 1. The molecule has 0 unspecified atom stereocenters. The van der Waals surface area contributed by atoms with Crippen LogP contribution < -0.4 is 4.72 Å². The number of aromatic carboxylic acids is 1. The fourth-order valence-corrected chi connectivity index (χ4v) is 2.86. The Morgan fingerprint density at radius 2 is 2.11 bits per heavy atom. The van der Waals surface area contributed by atoms with E-state index in [1.165, 1.54) is 12.1 Å². The highest BCUT2D eigenvalue weighted by Gasteiger charge is 2.26. The summed E-state index contributed by atoms with van der Waals surface area (Å²) in [4.78, 5) is 10.7. The molecule has 0 amide bonds. The molecule has 1 heterocycles. The van der Waals surface area contributed by atoms with Crippen LogP contribution >= 0.6 is 11.6 Å². The first-order valence-electron chi connectivity index (χ1n) is 5.03. The second-order valence-corrected chi connectivity index (χ2v) is 5.92. The molecular formula is C10H10ClNO5S. The minimum atomic E-state index is -3.75. The predicted molar refractivity (Wildman–Crippen MR) is 63.3 cm³/mol. The van der Waals surface area contributed by atoms with Gasteiger partial charge in [-0.05, 0) is 18.2 Å². The molecule has 2 N–H and O–H groups in total. The normalized spacial score (nSPS) is 16.3. The van der Waals surface area contributed by atoms with Crippen LogP contribution in [0, 0.1) is 0 Å². The summed E-state index contributed by atoms with van der Waals surface area (Å²) in [6.07, 6.45) is 0. The van der Waals surface area contributed by atoms with Gasteiger partial charge in [0.1, 0.15) is 0 Å². The number of carboxylic acid groups (broad SMARTS) is 1. The first-order valence-corrected chi connectivity index (χ1v) is 6.89. The summed E-state index contributed by atoms with van der Waals surface area (Å²) in [6.45, 7) is 0.636. The Balaban J connectivity index is 2.32. The predicted octanol–water partition coefficient (Wildman–Crippen LogP) is 0.715. The van der Waals surface area contributed by atoms with E-state index >= 15 is 0 Å². The van der Waals surface area contributed by atoms with E-state index in [0.29, 0.717) is 13.2 Å². The van der Waals surface area contributed by atoms with Gasteiger partial charge in [0.05, 0.1) is 34.7 Å². The van der Waals surface area contributed by atoms with Gasteiger partial charge in [0, 0.05) is 0 Å². The lowest BCUT2D eigenvalue weighted by Gasteiger charge is -2.26. The van der Waals surface area contributed by atoms with Gasteiger partial charge in [-0.15, -0.1) is 0 Å². The fraction of sp³-hybridized carbons (Fsp3) is 0.300. The van der Waals surface area contributed by atoms with Gasteiger partial charge in [0.25, 0.3) is 0 Å². The van der Waals surface area contributed by atoms with Crippen LogP contribution in [-0.2, 0) is 14.8 Å². The SMILES string of the molecule is O=C(O)c1cc(S(=O)(=O)NC2COC2)ccc1Cl. The second-order valence-electron chi connectivity index (χ2n) is 3.80. The van der Waals surface area contributed by atoms with E-state index in [1.54, 1.807) is 0 Å². The quantitative estimate of drug-likeness (QED) is 0.852. The average Bonchev–Trinajstić information content (AvgIpc) is 2.23. The minimum absolute atomic E-state index is 0.00609. The zero-order valence-corrected chi connectivity index (χ0v) is 10.7. The number of ether oxygens (including phenoxy) is 1. The van der Waals surface area contributed by atoms with E-state index in [1.807, 2.05) is 0 Å². The Bertz CT molecular complexity index is 582. The van der Waals surface area contributed by atoms with Gasteiger partial charge >= 0.3 is 5.97 Å². The van der Waals surface area contributed by atoms with E-state index < -0.39 is 16.0 Å². The third kappa shape index (κ3) is 2.64. The zero-order valence-electron chi connectivity index (χ0n) is 9.09. The van der Waals surface area contributed by atoms with E-state index in [2.05, 4.69) is 4.72 Å². The van der Waals surface area contributed by atoms with Crippen LogP contribution in [0.15, 0.2) is 23.1 Å². The van der Waals surface area contributed by atoms with Crippen LogP contribution in [0.5, 0.6) is 0 Å². The van der Waals surface area contributed by atoms with Crippen LogP contribution in [-0.4, -0.2) is 38.7 Å². The molecule has 0 aromatic heterocycles. The largest absolute Gasteiger partial charge is 0.478 e. The topological polar surface area (TPSA) is 92.7 Å².